The van der Waals surface area contributed by atoms with Gasteiger partial charge in [0, 0.05) is 18.7 Å². The first-order valence-corrected chi connectivity index (χ1v) is 8.80. The van der Waals surface area contributed by atoms with Gasteiger partial charge in [0.15, 0.2) is 5.69 Å². The van der Waals surface area contributed by atoms with E-state index in [9.17, 15) is 18.0 Å². The highest BCUT2D eigenvalue weighted by molar-refractivity contribution is 6.42. The first-order chi connectivity index (χ1) is 12.6. The molecule has 1 fully saturated rings. The molecule has 1 saturated heterocycles. The number of hydrogen-bond donors (Lipinski definition) is 1. The second kappa shape index (κ2) is 7.52. The number of carboxylic acid groups (broad SMARTS) is 1. The van der Waals surface area contributed by atoms with Crippen molar-refractivity contribution in [3.63, 3.8) is 0 Å². The fourth-order valence-corrected chi connectivity index (χ4v) is 3.15. The molecular weight excluding hydrogens is 406 g/mol. The Morgan fingerprint density at radius 2 is 1.78 bits per heavy atom. The SMILES string of the molecule is O=C(O)C1CCN(c2nc(-c3ccc(Cl)c(Cl)c3)cc(C(F)(F)F)n2)CC1. The summed E-state index contributed by atoms with van der Waals surface area (Å²) in [6.07, 6.45) is -4.02. The third kappa shape index (κ3) is 4.44. The number of rotatable bonds is 3. The van der Waals surface area contributed by atoms with Crippen molar-refractivity contribution in [1.82, 2.24) is 9.97 Å². The number of carbonyl (C=O) groups is 1. The molecule has 3 rings (SSSR count). The van der Waals surface area contributed by atoms with Crippen LogP contribution in [0.1, 0.15) is 18.5 Å². The number of hydrogen-bond acceptors (Lipinski definition) is 4. The summed E-state index contributed by atoms with van der Waals surface area (Å²) in [7, 11) is 0. The fourth-order valence-electron chi connectivity index (χ4n) is 2.85. The Morgan fingerprint density at radius 1 is 1.11 bits per heavy atom. The molecule has 10 heteroatoms. The van der Waals surface area contributed by atoms with Crippen molar-refractivity contribution in [1.29, 1.82) is 0 Å². The molecule has 0 unspecified atom stereocenters. The van der Waals surface area contributed by atoms with Gasteiger partial charge in [-0.25, -0.2) is 9.97 Å². The molecule has 0 bridgehead atoms. The number of aliphatic carboxylic acids is 1. The zero-order valence-corrected chi connectivity index (χ0v) is 15.3. The van der Waals surface area contributed by atoms with Crippen molar-refractivity contribution in [3.05, 3.63) is 40.0 Å². The molecule has 0 amide bonds. The molecule has 0 radical (unpaired) electrons. The van der Waals surface area contributed by atoms with Gasteiger partial charge in [-0.05, 0) is 31.0 Å². The molecule has 5 nitrogen and oxygen atoms in total. The zero-order valence-electron chi connectivity index (χ0n) is 13.8. The third-order valence-electron chi connectivity index (χ3n) is 4.35. The lowest BCUT2D eigenvalue weighted by molar-refractivity contribution is -0.142. The molecular formula is C17H14Cl2F3N3O2. The van der Waals surface area contributed by atoms with E-state index in [0.29, 0.717) is 18.4 Å². The minimum absolute atomic E-state index is 0.0613. The van der Waals surface area contributed by atoms with E-state index in [0.717, 1.165) is 6.07 Å². The number of alkyl halides is 3. The van der Waals surface area contributed by atoms with Crippen molar-refractivity contribution in [2.24, 2.45) is 5.92 Å². The molecule has 2 heterocycles. The van der Waals surface area contributed by atoms with E-state index in [1.165, 1.54) is 18.2 Å². The number of aromatic nitrogens is 2. The summed E-state index contributed by atoms with van der Waals surface area (Å²) in [4.78, 5) is 20.5. The van der Waals surface area contributed by atoms with Gasteiger partial charge in [0.2, 0.25) is 5.95 Å². The van der Waals surface area contributed by atoms with Crippen LogP contribution in [0.2, 0.25) is 10.0 Å². The van der Waals surface area contributed by atoms with Gasteiger partial charge in [0.05, 0.1) is 21.7 Å². The van der Waals surface area contributed by atoms with Gasteiger partial charge in [0.1, 0.15) is 0 Å². The minimum atomic E-state index is -4.65. The van der Waals surface area contributed by atoms with Crippen LogP contribution in [0.15, 0.2) is 24.3 Å². The maximum Gasteiger partial charge on any atom is 0.433 e. The number of nitrogens with zero attached hydrogens (tertiary/aromatic N) is 3. The van der Waals surface area contributed by atoms with Crippen molar-refractivity contribution in [2.45, 2.75) is 19.0 Å². The van der Waals surface area contributed by atoms with Gasteiger partial charge in [0.25, 0.3) is 0 Å². The first-order valence-electron chi connectivity index (χ1n) is 8.04. The molecule has 2 aromatic rings. The highest BCUT2D eigenvalue weighted by Crippen LogP contribution is 2.34. The maximum absolute atomic E-state index is 13.3. The molecule has 144 valence electrons. The van der Waals surface area contributed by atoms with Gasteiger partial charge < -0.3 is 10.0 Å². The molecule has 27 heavy (non-hydrogen) atoms. The average Bonchev–Trinajstić information content (AvgIpc) is 2.63. The largest absolute Gasteiger partial charge is 0.481 e. The van der Waals surface area contributed by atoms with Crippen LogP contribution >= 0.6 is 23.2 Å². The van der Waals surface area contributed by atoms with Gasteiger partial charge >= 0.3 is 12.1 Å². The summed E-state index contributed by atoms with van der Waals surface area (Å²) in [6.45, 7) is 0.526. The van der Waals surface area contributed by atoms with Crippen LogP contribution in [0.25, 0.3) is 11.3 Å². The standard InChI is InChI=1S/C17H14Cl2F3N3O2/c18-11-2-1-10(7-12(11)19)13-8-14(17(20,21)22)24-16(23-13)25-5-3-9(4-6-25)15(26)27/h1-2,7-9H,3-6H2,(H,26,27). The molecule has 0 saturated carbocycles. The van der Waals surface area contributed by atoms with Crippen molar-refractivity contribution in [2.75, 3.05) is 18.0 Å². The lowest BCUT2D eigenvalue weighted by Crippen LogP contribution is -2.37. The molecule has 0 aliphatic carbocycles. The summed E-state index contributed by atoms with van der Waals surface area (Å²) >= 11 is 11.8. The van der Waals surface area contributed by atoms with Gasteiger partial charge in [-0.15, -0.1) is 0 Å². The monoisotopic (exact) mass is 419 g/mol. The Kier molecular flexibility index (Phi) is 5.48. The fraction of sp³-hybridized carbons (Fsp3) is 0.353. The second-order valence-electron chi connectivity index (χ2n) is 6.16. The van der Waals surface area contributed by atoms with E-state index in [1.54, 1.807) is 4.90 Å². The number of carboxylic acids is 1. The summed E-state index contributed by atoms with van der Waals surface area (Å²) in [5, 5.41) is 9.54. The van der Waals surface area contributed by atoms with Crippen LogP contribution in [0.5, 0.6) is 0 Å². The number of benzene rings is 1. The Hall–Kier alpha value is -2.06. The topological polar surface area (TPSA) is 66.3 Å². The van der Waals surface area contributed by atoms with Crippen molar-refractivity contribution >= 4 is 35.1 Å². The van der Waals surface area contributed by atoms with Gasteiger partial charge in [-0.2, -0.15) is 13.2 Å². The van der Waals surface area contributed by atoms with Crippen LogP contribution in [-0.2, 0) is 11.0 Å². The molecule has 1 N–H and O–H groups in total. The molecule has 1 aromatic heterocycles. The summed E-state index contributed by atoms with van der Waals surface area (Å²) < 4.78 is 39.9. The van der Waals surface area contributed by atoms with Gasteiger partial charge in [-0.3, -0.25) is 4.79 Å². The Balaban J connectivity index is 1.99. The summed E-state index contributed by atoms with van der Waals surface area (Å²) in [6, 6.07) is 5.30. The Morgan fingerprint density at radius 3 is 2.33 bits per heavy atom. The number of piperidine rings is 1. The molecule has 0 atom stereocenters. The van der Waals surface area contributed by atoms with E-state index in [1.807, 2.05) is 0 Å². The lowest BCUT2D eigenvalue weighted by atomic mass is 9.97. The maximum atomic E-state index is 13.3. The lowest BCUT2D eigenvalue weighted by Gasteiger charge is -2.30. The van der Waals surface area contributed by atoms with Crippen LogP contribution in [0.4, 0.5) is 19.1 Å². The predicted molar refractivity (Wildman–Crippen MR) is 95.1 cm³/mol. The molecule has 1 aliphatic rings. The number of halogens is 5. The van der Waals surface area contributed by atoms with E-state index in [2.05, 4.69) is 9.97 Å². The quantitative estimate of drug-likeness (QED) is 0.775. The van der Waals surface area contributed by atoms with E-state index in [4.69, 9.17) is 28.3 Å². The third-order valence-corrected chi connectivity index (χ3v) is 5.09. The summed E-state index contributed by atoms with van der Waals surface area (Å²) in [5.74, 6) is -1.51. The molecule has 0 spiro atoms. The van der Waals surface area contributed by atoms with Crippen molar-refractivity contribution in [3.8, 4) is 11.3 Å². The number of anilines is 1. The highest BCUT2D eigenvalue weighted by atomic mass is 35.5. The van der Waals surface area contributed by atoms with E-state index < -0.39 is 23.8 Å². The minimum Gasteiger partial charge on any atom is -0.481 e. The van der Waals surface area contributed by atoms with Crippen LogP contribution in [-0.4, -0.2) is 34.1 Å². The van der Waals surface area contributed by atoms with Crippen molar-refractivity contribution < 1.29 is 23.1 Å². The average molecular weight is 420 g/mol. The van der Waals surface area contributed by atoms with Crippen LogP contribution < -0.4 is 4.90 Å². The zero-order chi connectivity index (χ0) is 19.8. The highest BCUT2D eigenvalue weighted by Gasteiger charge is 2.35. The Bertz CT molecular complexity index is 869. The van der Waals surface area contributed by atoms with E-state index >= 15 is 0 Å². The second-order valence-corrected chi connectivity index (χ2v) is 6.98. The van der Waals surface area contributed by atoms with Gasteiger partial charge in [-0.1, -0.05) is 29.3 Å². The smallest absolute Gasteiger partial charge is 0.433 e. The first kappa shape index (κ1) is 19.7. The Labute approximate surface area is 162 Å². The molecule has 1 aromatic carbocycles. The van der Waals surface area contributed by atoms with E-state index in [-0.39, 0.29) is 34.8 Å². The normalized spacial score (nSPS) is 15.8. The predicted octanol–water partition coefficient (Wildman–Crippen LogP) is 4.77. The molecule has 1 aliphatic heterocycles. The van der Waals surface area contributed by atoms with Crippen LogP contribution in [0.3, 0.4) is 0 Å². The van der Waals surface area contributed by atoms with Crippen LogP contribution in [0, 0.1) is 5.92 Å². The summed E-state index contributed by atoms with van der Waals surface area (Å²) in [5.41, 5.74) is -0.640.